The number of ether oxygens (including phenoxy) is 1. The minimum absolute atomic E-state index is 0.00193. The number of halogens is 2. The summed E-state index contributed by atoms with van der Waals surface area (Å²) in [6.07, 6.45) is 6.08. The molecule has 4 rings (SSSR count). The van der Waals surface area contributed by atoms with Crippen LogP contribution in [0.3, 0.4) is 0 Å². The number of rotatable bonds is 5. The molecule has 162 valence electrons. The molecule has 0 unspecified atom stereocenters. The third-order valence-electron chi connectivity index (χ3n) is 4.71. The first-order valence-corrected chi connectivity index (χ1v) is 10.2. The van der Waals surface area contributed by atoms with Crippen molar-refractivity contribution in [2.75, 3.05) is 12.4 Å². The van der Waals surface area contributed by atoms with Gasteiger partial charge in [-0.1, -0.05) is 41.4 Å². The Hall–Kier alpha value is -3.62. The van der Waals surface area contributed by atoms with Gasteiger partial charge in [-0.25, -0.2) is 9.78 Å². The Morgan fingerprint density at radius 3 is 2.56 bits per heavy atom. The smallest absolute Gasteiger partial charge is 0.407 e. The van der Waals surface area contributed by atoms with Gasteiger partial charge in [-0.15, -0.1) is 0 Å². The van der Waals surface area contributed by atoms with Crippen LogP contribution in [0.1, 0.15) is 15.9 Å². The lowest BCUT2D eigenvalue weighted by molar-refractivity contribution is 0.102. The molecule has 2 N–H and O–H groups in total. The van der Waals surface area contributed by atoms with E-state index in [9.17, 15) is 9.59 Å². The topological polar surface area (TPSA) is 98.1 Å². The van der Waals surface area contributed by atoms with Crippen molar-refractivity contribution in [3.8, 4) is 5.69 Å². The Morgan fingerprint density at radius 1 is 1.12 bits per heavy atom. The quantitative estimate of drug-likeness (QED) is 0.435. The number of anilines is 1. The van der Waals surface area contributed by atoms with E-state index in [1.54, 1.807) is 59.8 Å². The second kappa shape index (κ2) is 9.25. The molecule has 0 radical (unpaired) electrons. The zero-order chi connectivity index (χ0) is 22.7. The minimum atomic E-state index is -0.556. The summed E-state index contributed by atoms with van der Waals surface area (Å²) in [5.74, 6) is -0.453. The van der Waals surface area contributed by atoms with Gasteiger partial charge in [0.25, 0.3) is 5.91 Å². The van der Waals surface area contributed by atoms with E-state index in [1.807, 2.05) is 6.07 Å². The van der Waals surface area contributed by atoms with Crippen LogP contribution in [0.2, 0.25) is 10.0 Å². The zero-order valence-electron chi connectivity index (χ0n) is 16.8. The summed E-state index contributed by atoms with van der Waals surface area (Å²) in [7, 11) is 1.48. The Kier molecular flexibility index (Phi) is 6.25. The highest BCUT2D eigenvalue weighted by atomic mass is 35.5. The number of benzene rings is 2. The number of para-hydroxylation sites is 1. The minimum Gasteiger partial charge on any atom is -0.445 e. The van der Waals surface area contributed by atoms with Crippen LogP contribution in [0.15, 0.2) is 61.3 Å². The largest absolute Gasteiger partial charge is 0.445 e. The van der Waals surface area contributed by atoms with Crippen molar-refractivity contribution in [3.63, 3.8) is 0 Å². The first kappa shape index (κ1) is 21.6. The molecule has 0 aliphatic carbocycles. The molecular weight excluding hydrogens is 453 g/mol. The summed E-state index contributed by atoms with van der Waals surface area (Å²) in [6.45, 7) is 0.00193. The fourth-order valence-corrected chi connectivity index (χ4v) is 3.84. The number of pyridine rings is 1. The molecule has 2 amide bonds. The van der Waals surface area contributed by atoms with Crippen LogP contribution in [0.25, 0.3) is 16.6 Å². The molecule has 4 aromatic rings. The number of imidazole rings is 1. The second-order valence-electron chi connectivity index (χ2n) is 6.68. The average Bonchev–Trinajstić information content (AvgIpc) is 3.31. The number of carbonyl (C=O) groups excluding carboxylic acids is 2. The van der Waals surface area contributed by atoms with Crippen LogP contribution < -0.4 is 10.6 Å². The first-order valence-electron chi connectivity index (χ1n) is 9.48. The summed E-state index contributed by atoms with van der Waals surface area (Å²) < 4.78 is 7.02. The second-order valence-corrected chi connectivity index (χ2v) is 7.50. The molecule has 0 aliphatic rings. The molecule has 32 heavy (non-hydrogen) atoms. The average molecular weight is 470 g/mol. The van der Waals surface area contributed by atoms with Gasteiger partial charge in [0.05, 0.1) is 38.8 Å². The van der Waals surface area contributed by atoms with E-state index < -0.39 is 12.0 Å². The van der Waals surface area contributed by atoms with Crippen LogP contribution in [0.4, 0.5) is 10.5 Å². The van der Waals surface area contributed by atoms with E-state index >= 15 is 0 Å². The highest BCUT2D eigenvalue weighted by Crippen LogP contribution is 2.31. The van der Waals surface area contributed by atoms with Crippen LogP contribution >= 0.6 is 23.2 Å². The van der Waals surface area contributed by atoms with Gasteiger partial charge in [0.15, 0.2) is 0 Å². The standard InChI is InChI=1S/C22H17Cl2N5O3/c1-25-22(31)32-11-13-10-27-19-14(20(13)29-9-8-26-12-29)4-2-7-17(19)28-21(30)18-15(23)5-3-6-16(18)24/h2-10,12H,11H2,1H3,(H,25,31)(H,28,30). The lowest BCUT2D eigenvalue weighted by Gasteiger charge is -2.16. The molecule has 2 aromatic carbocycles. The van der Waals surface area contributed by atoms with Gasteiger partial charge < -0.3 is 19.9 Å². The number of hydrogen-bond acceptors (Lipinski definition) is 5. The summed E-state index contributed by atoms with van der Waals surface area (Å²) in [6, 6.07) is 10.2. The Bertz CT molecular complexity index is 1290. The molecule has 8 nitrogen and oxygen atoms in total. The highest BCUT2D eigenvalue weighted by Gasteiger charge is 2.18. The number of hydrogen-bond donors (Lipinski definition) is 2. The number of carbonyl (C=O) groups is 2. The van der Waals surface area contributed by atoms with Crippen molar-refractivity contribution in [1.82, 2.24) is 19.9 Å². The van der Waals surface area contributed by atoms with Crippen LogP contribution in [-0.4, -0.2) is 33.6 Å². The van der Waals surface area contributed by atoms with E-state index in [-0.39, 0.29) is 22.2 Å². The molecule has 0 atom stereocenters. The SMILES string of the molecule is CNC(=O)OCc1cnc2c(NC(=O)c3c(Cl)cccc3Cl)cccc2c1-n1ccnc1. The van der Waals surface area contributed by atoms with E-state index in [0.29, 0.717) is 16.8 Å². The van der Waals surface area contributed by atoms with Crippen LogP contribution in [-0.2, 0) is 11.3 Å². The normalized spacial score (nSPS) is 10.7. The Morgan fingerprint density at radius 2 is 1.88 bits per heavy atom. The van der Waals surface area contributed by atoms with Gasteiger partial charge in [0.2, 0.25) is 0 Å². The van der Waals surface area contributed by atoms with E-state index in [0.717, 1.165) is 11.1 Å². The monoisotopic (exact) mass is 469 g/mol. The number of nitrogens with one attached hydrogen (secondary N) is 2. The van der Waals surface area contributed by atoms with Crippen molar-refractivity contribution >= 4 is 51.8 Å². The summed E-state index contributed by atoms with van der Waals surface area (Å²) in [5.41, 5.74) is 2.58. The van der Waals surface area contributed by atoms with Crippen molar-refractivity contribution in [3.05, 3.63) is 82.5 Å². The van der Waals surface area contributed by atoms with Crippen molar-refractivity contribution in [2.45, 2.75) is 6.61 Å². The lowest BCUT2D eigenvalue weighted by Crippen LogP contribution is -2.19. The number of aromatic nitrogens is 3. The van der Waals surface area contributed by atoms with E-state index in [1.165, 1.54) is 7.05 Å². The molecule has 0 aliphatic heterocycles. The molecule has 0 fully saturated rings. The van der Waals surface area contributed by atoms with Gasteiger partial charge in [-0.05, 0) is 18.2 Å². The predicted molar refractivity (Wildman–Crippen MR) is 123 cm³/mol. The molecule has 2 aromatic heterocycles. The molecule has 0 bridgehead atoms. The number of alkyl carbamates (subject to hydrolysis) is 1. The zero-order valence-corrected chi connectivity index (χ0v) is 18.3. The summed E-state index contributed by atoms with van der Waals surface area (Å²) in [5, 5.41) is 6.47. The molecular formula is C22H17Cl2N5O3. The van der Waals surface area contributed by atoms with Gasteiger partial charge in [0.1, 0.15) is 6.61 Å². The molecule has 0 saturated carbocycles. The molecule has 0 spiro atoms. The fourth-order valence-electron chi connectivity index (χ4n) is 3.27. The van der Waals surface area contributed by atoms with Crippen molar-refractivity contribution in [1.29, 1.82) is 0 Å². The first-order chi connectivity index (χ1) is 15.5. The van der Waals surface area contributed by atoms with Crippen molar-refractivity contribution in [2.24, 2.45) is 0 Å². The van der Waals surface area contributed by atoms with E-state index in [4.69, 9.17) is 27.9 Å². The van der Waals surface area contributed by atoms with Gasteiger partial charge in [-0.2, -0.15) is 0 Å². The number of amides is 2. The van der Waals surface area contributed by atoms with Crippen LogP contribution in [0.5, 0.6) is 0 Å². The van der Waals surface area contributed by atoms with Gasteiger partial charge in [-0.3, -0.25) is 9.78 Å². The number of nitrogens with zero attached hydrogens (tertiary/aromatic N) is 3. The van der Waals surface area contributed by atoms with Gasteiger partial charge in [0, 0.05) is 36.6 Å². The summed E-state index contributed by atoms with van der Waals surface area (Å²) >= 11 is 12.4. The maximum Gasteiger partial charge on any atom is 0.407 e. The molecule has 0 saturated heterocycles. The third kappa shape index (κ3) is 4.23. The molecule has 2 heterocycles. The lowest BCUT2D eigenvalue weighted by atomic mass is 10.1. The summed E-state index contributed by atoms with van der Waals surface area (Å²) in [4.78, 5) is 33.1. The fraction of sp³-hybridized carbons (Fsp3) is 0.0909. The number of fused-ring (bicyclic) bond motifs is 1. The molecule has 10 heteroatoms. The van der Waals surface area contributed by atoms with Crippen LogP contribution in [0, 0.1) is 0 Å². The predicted octanol–water partition coefficient (Wildman–Crippen LogP) is 4.84. The maximum absolute atomic E-state index is 12.9. The third-order valence-corrected chi connectivity index (χ3v) is 5.34. The van der Waals surface area contributed by atoms with Crippen molar-refractivity contribution < 1.29 is 14.3 Å². The highest BCUT2D eigenvalue weighted by molar-refractivity contribution is 6.40. The Balaban J connectivity index is 1.79. The Labute approximate surface area is 193 Å². The van der Waals surface area contributed by atoms with E-state index in [2.05, 4.69) is 20.6 Å². The maximum atomic E-state index is 12.9. The van der Waals surface area contributed by atoms with Gasteiger partial charge >= 0.3 is 6.09 Å².